The molecule has 20 heavy (non-hydrogen) atoms. The van der Waals surface area contributed by atoms with Gasteiger partial charge in [0, 0.05) is 44.8 Å². The molecule has 1 aliphatic heterocycles. The summed E-state index contributed by atoms with van der Waals surface area (Å²) in [7, 11) is 0. The van der Waals surface area contributed by atoms with Crippen molar-refractivity contribution in [3.05, 3.63) is 35.9 Å². The molecule has 0 radical (unpaired) electrons. The first-order chi connectivity index (χ1) is 9.70. The first kappa shape index (κ1) is 15.5. The Morgan fingerprint density at radius 2 is 1.70 bits per heavy atom. The first-order valence-corrected chi connectivity index (χ1v) is 7.95. The zero-order chi connectivity index (χ0) is 14.4. The van der Waals surface area contributed by atoms with Crippen LogP contribution in [0, 0.1) is 0 Å². The van der Waals surface area contributed by atoms with Crippen LogP contribution in [0.1, 0.15) is 32.4 Å². The van der Waals surface area contributed by atoms with Gasteiger partial charge in [-0.15, -0.1) is 0 Å². The van der Waals surface area contributed by atoms with Crippen LogP contribution in [0.15, 0.2) is 30.3 Å². The highest BCUT2D eigenvalue weighted by Crippen LogP contribution is 2.15. The molecule has 1 fully saturated rings. The number of hydrogen-bond donors (Lipinski definition) is 1. The van der Waals surface area contributed by atoms with Crippen LogP contribution in [0.4, 0.5) is 0 Å². The minimum Gasteiger partial charge on any atom is -0.309 e. The molecule has 1 aliphatic rings. The normalized spacial score (nSPS) is 19.4. The lowest BCUT2D eigenvalue weighted by Crippen LogP contribution is -2.50. The number of hydrogen-bond acceptors (Lipinski definition) is 3. The maximum absolute atomic E-state index is 3.62. The van der Waals surface area contributed by atoms with Gasteiger partial charge in [-0.05, 0) is 26.0 Å². The molecule has 0 spiro atoms. The van der Waals surface area contributed by atoms with Gasteiger partial charge in [0.25, 0.3) is 0 Å². The third-order valence-electron chi connectivity index (χ3n) is 4.23. The van der Waals surface area contributed by atoms with Gasteiger partial charge in [0.2, 0.25) is 0 Å². The van der Waals surface area contributed by atoms with E-state index >= 15 is 0 Å². The lowest BCUT2D eigenvalue weighted by Gasteiger charge is -2.38. The molecule has 1 atom stereocenters. The quantitative estimate of drug-likeness (QED) is 0.860. The van der Waals surface area contributed by atoms with Crippen molar-refractivity contribution < 1.29 is 0 Å². The molecule has 0 aromatic heterocycles. The molecule has 0 aliphatic carbocycles. The predicted octanol–water partition coefficient (Wildman–Crippen LogP) is 2.36. The average molecular weight is 275 g/mol. The topological polar surface area (TPSA) is 18.5 Å². The van der Waals surface area contributed by atoms with Crippen molar-refractivity contribution in [1.29, 1.82) is 0 Å². The summed E-state index contributed by atoms with van der Waals surface area (Å²) in [5, 5.41) is 3.62. The van der Waals surface area contributed by atoms with Gasteiger partial charge in [0.1, 0.15) is 0 Å². The van der Waals surface area contributed by atoms with E-state index in [0.29, 0.717) is 12.1 Å². The van der Waals surface area contributed by atoms with E-state index in [4.69, 9.17) is 0 Å². The SMILES string of the molecule is CCNC(CN1CCN(C(C)C)CC1)c1ccccc1. The molecule has 1 saturated heterocycles. The van der Waals surface area contributed by atoms with Crippen molar-refractivity contribution in [2.75, 3.05) is 39.3 Å². The van der Waals surface area contributed by atoms with E-state index in [0.717, 1.165) is 13.1 Å². The van der Waals surface area contributed by atoms with E-state index in [1.165, 1.54) is 31.7 Å². The van der Waals surface area contributed by atoms with E-state index in [9.17, 15) is 0 Å². The minimum absolute atomic E-state index is 0.451. The third kappa shape index (κ3) is 4.30. The van der Waals surface area contributed by atoms with Crippen LogP contribution < -0.4 is 5.32 Å². The van der Waals surface area contributed by atoms with Crippen molar-refractivity contribution in [2.24, 2.45) is 0 Å². The molecule has 3 nitrogen and oxygen atoms in total. The summed E-state index contributed by atoms with van der Waals surface area (Å²) in [6.07, 6.45) is 0. The number of likely N-dealkylation sites (N-methyl/N-ethyl adjacent to an activating group) is 1. The molecule has 0 amide bonds. The van der Waals surface area contributed by atoms with Gasteiger partial charge in [-0.2, -0.15) is 0 Å². The Balaban J connectivity index is 1.90. The number of benzene rings is 1. The molecule has 1 aromatic carbocycles. The third-order valence-corrected chi connectivity index (χ3v) is 4.23. The summed E-state index contributed by atoms with van der Waals surface area (Å²) in [6.45, 7) is 13.7. The Bertz CT molecular complexity index is 369. The van der Waals surface area contributed by atoms with E-state index in [1.807, 2.05) is 0 Å². The fourth-order valence-corrected chi connectivity index (χ4v) is 2.94. The molecular formula is C17H29N3. The number of rotatable bonds is 6. The summed E-state index contributed by atoms with van der Waals surface area (Å²) in [4.78, 5) is 5.17. The van der Waals surface area contributed by atoms with Gasteiger partial charge in [0.05, 0.1) is 0 Å². The van der Waals surface area contributed by atoms with Gasteiger partial charge in [-0.25, -0.2) is 0 Å². The van der Waals surface area contributed by atoms with Gasteiger partial charge in [-0.3, -0.25) is 9.80 Å². The van der Waals surface area contributed by atoms with E-state index in [1.54, 1.807) is 0 Å². The first-order valence-electron chi connectivity index (χ1n) is 7.95. The summed E-state index contributed by atoms with van der Waals surface area (Å²) in [5.41, 5.74) is 1.40. The smallest absolute Gasteiger partial charge is 0.0449 e. The Kier molecular flexibility index (Phi) is 6.02. The highest BCUT2D eigenvalue weighted by atomic mass is 15.3. The highest BCUT2D eigenvalue weighted by molar-refractivity contribution is 5.19. The van der Waals surface area contributed by atoms with Crippen molar-refractivity contribution >= 4 is 0 Å². The Morgan fingerprint density at radius 1 is 1.05 bits per heavy atom. The van der Waals surface area contributed by atoms with Gasteiger partial charge >= 0.3 is 0 Å². The lowest BCUT2D eigenvalue weighted by atomic mass is 10.1. The second-order valence-electron chi connectivity index (χ2n) is 5.95. The van der Waals surface area contributed by atoms with Crippen LogP contribution >= 0.6 is 0 Å². The summed E-state index contributed by atoms with van der Waals surface area (Å²) >= 11 is 0. The van der Waals surface area contributed by atoms with Crippen LogP contribution in [-0.2, 0) is 0 Å². The van der Waals surface area contributed by atoms with E-state index < -0.39 is 0 Å². The van der Waals surface area contributed by atoms with Crippen LogP contribution in [0.5, 0.6) is 0 Å². The monoisotopic (exact) mass is 275 g/mol. The predicted molar refractivity (Wildman–Crippen MR) is 86.0 cm³/mol. The fourth-order valence-electron chi connectivity index (χ4n) is 2.94. The molecule has 1 aromatic rings. The van der Waals surface area contributed by atoms with Crippen LogP contribution in [-0.4, -0.2) is 55.1 Å². The van der Waals surface area contributed by atoms with Crippen molar-refractivity contribution in [3.63, 3.8) is 0 Å². The van der Waals surface area contributed by atoms with Crippen LogP contribution in [0.3, 0.4) is 0 Å². The number of piperazine rings is 1. The molecule has 1 heterocycles. The van der Waals surface area contributed by atoms with Gasteiger partial charge in [0.15, 0.2) is 0 Å². The standard InChI is InChI=1S/C17H29N3/c1-4-18-17(16-8-6-5-7-9-16)14-19-10-12-20(13-11-19)15(2)3/h5-9,15,17-18H,4,10-14H2,1-3H3. The van der Waals surface area contributed by atoms with E-state index in [2.05, 4.69) is 66.2 Å². The molecule has 2 rings (SSSR count). The molecule has 1 N–H and O–H groups in total. The minimum atomic E-state index is 0.451. The Morgan fingerprint density at radius 3 is 2.25 bits per heavy atom. The molecule has 0 saturated carbocycles. The summed E-state index contributed by atoms with van der Waals surface area (Å²) in [5.74, 6) is 0. The van der Waals surface area contributed by atoms with Gasteiger partial charge < -0.3 is 5.32 Å². The molecule has 0 bridgehead atoms. The maximum Gasteiger partial charge on any atom is 0.0449 e. The Labute approximate surface area is 124 Å². The maximum atomic E-state index is 3.62. The molecule has 1 unspecified atom stereocenters. The second kappa shape index (κ2) is 7.77. The van der Waals surface area contributed by atoms with Crippen LogP contribution in [0.25, 0.3) is 0 Å². The molecule has 3 heteroatoms. The number of nitrogens with zero attached hydrogens (tertiary/aromatic N) is 2. The Hall–Kier alpha value is -0.900. The van der Waals surface area contributed by atoms with E-state index in [-0.39, 0.29) is 0 Å². The molecule has 112 valence electrons. The fraction of sp³-hybridized carbons (Fsp3) is 0.647. The van der Waals surface area contributed by atoms with Gasteiger partial charge in [-0.1, -0.05) is 37.3 Å². The summed E-state index contributed by atoms with van der Waals surface area (Å²) in [6, 6.07) is 12.0. The van der Waals surface area contributed by atoms with Crippen LogP contribution in [0.2, 0.25) is 0 Å². The second-order valence-corrected chi connectivity index (χ2v) is 5.95. The summed E-state index contributed by atoms with van der Waals surface area (Å²) < 4.78 is 0. The zero-order valence-corrected chi connectivity index (χ0v) is 13.2. The largest absolute Gasteiger partial charge is 0.309 e. The van der Waals surface area contributed by atoms with Crippen molar-refractivity contribution in [2.45, 2.75) is 32.9 Å². The average Bonchev–Trinajstić information content (AvgIpc) is 2.48. The molecular weight excluding hydrogens is 246 g/mol. The number of nitrogens with one attached hydrogen (secondary N) is 1. The van der Waals surface area contributed by atoms with Crippen molar-refractivity contribution in [1.82, 2.24) is 15.1 Å². The highest BCUT2D eigenvalue weighted by Gasteiger charge is 2.21. The van der Waals surface area contributed by atoms with Crippen molar-refractivity contribution in [3.8, 4) is 0 Å². The lowest BCUT2D eigenvalue weighted by molar-refractivity contribution is 0.101. The zero-order valence-electron chi connectivity index (χ0n) is 13.2.